The van der Waals surface area contributed by atoms with Crippen molar-refractivity contribution < 1.29 is 42.0 Å². The number of carbonyl (C=O) groups is 1. The molecule has 234 valence electrons. The Morgan fingerprint density at radius 1 is 1.02 bits per heavy atom. The number of fused-ring (bicyclic) bond motifs is 1. The Kier molecular flexibility index (Phi) is 10.1. The van der Waals surface area contributed by atoms with Gasteiger partial charge < -0.3 is 33.7 Å². The molecule has 1 aliphatic carbocycles. The van der Waals surface area contributed by atoms with Crippen molar-refractivity contribution in [1.82, 2.24) is 9.21 Å². The molecule has 2 aliphatic heterocycles. The number of sulfonamides is 1. The highest BCUT2D eigenvalue weighted by Gasteiger charge is 2.33. The van der Waals surface area contributed by atoms with Crippen LogP contribution in [0.4, 0.5) is 0 Å². The molecule has 2 heterocycles. The topological polar surface area (TPSA) is 124 Å². The normalized spacial score (nSPS) is 20.4. The smallest absolute Gasteiger partial charge is 0.288 e. The quantitative estimate of drug-likeness (QED) is 0.381. The number of hydrogen-bond donors (Lipinski definition) is 1. The summed E-state index contributed by atoms with van der Waals surface area (Å²) < 4.78 is 56.1. The summed E-state index contributed by atoms with van der Waals surface area (Å²) in [5.74, 6) is 1.66. The summed E-state index contributed by atoms with van der Waals surface area (Å²) in [6.45, 7) is -0.310. The first-order valence-corrected chi connectivity index (χ1v) is 16.2. The molecule has 0 unspecified atom stereocenters. The Hall–Kier alpha value is -3.32. The predicted octanol–water partition coefficient (Wildman–Crippen LogP) is 3.63. The second-order valence-electron chi connectivity index (χ2n) is 10.9. The standard InChI is InChI=1S/C31H40N2O9S/c1-32(24-6-4-3-5-7-24)31(35)29-19-23(22-8-13-27-28(18-22)41-21-40-27)20-30(42-29)39-17-15-33(14-16-34)43(36,37)26-11-9-25(38-2)10-12-26/h8-13,18-19,23-24,30,34H,3-7,14-17,20-21H2,1-2H3/t23-,30+/m1/s1. The van der Waals surface area contributed by atoms with Gasteiger partial charge >= 0.3 is 0 Å². The van der Waals surface area contributed by atoms with Crippen molar-refractivity contribution in [3.63, 3.8) is 0 Å². The van der Waals surface area contributed by atoms with Gasteiger partial charge in [0.25, 0.3) is 5.91 Å². The summed E-state index contributed by atoms with van der Waals surface area (Å²) in [6, 6.07) is 11.9. The van der Waals surface area contributed by atoms with Gasteiger partial charge in [0.15, 0.2) is 17.3 Å². The summed E-state index contributed by atoms with van der Waals surface area (Å²) in [6.07, 6.45) is 6.75. The van der Waals surface area contributed by atoms with Crippen LogP contribution in [0.3, 0.4) is 0 Å². The monoisotopic (exact) mass is 616 g/mol. The van der Waals surface area contributed by atoms with E-state index in [0.717, 1.165) is 31.2 Å². The molecule has 0 radical (unpaired) electrons. The number of nitrogens with zero attached hydrogens (tertiary/aromatic N) is 2. The van der Waals surface area contributed by atoms with E-state index in [1.54, 1.807) is 17.0 Å². The number of benzene rings is 2. The van der Waals surface area contributed by atoms with Gasteiger partial charge in [-0.1, -0.05) is 25.3 Å². The summed E-state index contributed by atoms with van der Waals surface area (Å²) in [7, 11) is -0.575. The number of allylic oxidation sites excluding steroid dienone is 1. The maximum absolute atomic E-state index is 13.6. The van der Waals surface area contributed by atoms with Crippen LogP contribution in [0.15, 0.2) is 59.2 Å². The lowest BCUT2D eigenvalue weighted by molar-refractivity contribution is -0.153. The molecular weight excluding hydrogens is 576 g/mol. The van der Waals surface area contributed by atoms with Gasteiger partial charge in [0.1, 0.15) is 5.75 Å². The third-order valence-corrected chi connectivity index (χ3v) is 10.1. The molecule has 2 aromatic carbocycles. The van der Waals surface area contributed by atoms with Crippen LogP contribution in [0.2, 0.25) is 0 Å². The van der Waals surface area contributed by atoms with Crippen molar-refractivity contribution >= 4 is 15.9 Å². The summed E-state index contributed by atoms with van der Waals surface area (Å²) in [5.41, 5.74) is 0.927. The van der Waals surface area contributed by atoms with E-state index in [2.05, 4.69) is 0 Å². The highest BCUT2D eigenvalue weighted by Crippen LogP contribution is 2.39. The number of aliphatic hydroxyl groups is 1. The third-order valence-electron chi connectivity index (χ3n) is 8.23. The van der Waals surface area contributed by atoms with Crippen molar-refractivity contribution in [3.05, 3.63) is 59.9 Å². The predicted molar refractivity (Wildman–Crippen MR) is 157 cm³/mol. The van der Waals surface area contributed by atoms with Crippen LogP contribution >= 0.6 is 0 Å². The summed E-state index contributed by atoms with van der Waals surface area (Å²) in [4.78, 5) is 15.5. The maximum Gasteiger partial charge on any atom is 0.288 e. The van der Waals surface area contributed by atoms with E-state index in [0.29, 0.717) is 23.7 Å². The van der Waals surface area contributed by atoms with Gasteiger partial charge in [0.2, 0.25) is 23.1 Å². The summed E-state index contributed by atoms with van der Waals surface area (Å²) in [5, 5.41) is 9.60. The first-order chi connectivity index (χ1) is 20.8. The Labute approximate surface area is 253 Å². The molecule has 3 aliphatic rings. The van der Waals surface area contributed by atoms with Gasteiger partial charge in [-0.15, -0.1) is 0 Å². The number of likely N-dealkylation sites (N-methyl/N-ethyl adjacent to an activating group) is 1. The first-order valence-electron chi connectivity index (χ1n) is 14.7. The minimum atomic E-state index is -3.90. The molecule has 0 aromatic heterocycles. The van der Waals surface area contributed by atoms with Crippen LogP contribution in [-0.2, 0) is 24.3 Å². The fourth-order valence-corrected chi connectivity index (χ4v) is 7.16. The molecule has 1 N–H and O–H groups in total. The fraction of sp³-hybridized carbons (Fsp3) is 0.516. The minimum Gasteiger partial charge on any atom is -0.497 e. The Morgan fingerprint density at radius 3 is 2.49 bits per heavy atom. The molecule has 0 bridgehead atoms. The average molecular weight is 617 g/mol. The highest BCUT2D eigenvalue weighted by molar-refractivity contribution is 7.89. The Morgan fingerprint density at radius 2 is 1.77 bits per heavy atom. The molecule has 1 fully saturated rings. The zero-order valence-corrected chi connectivity index (χ0v) is 25.5. The Balaban J connectivity index is 1.30. The van der Waals surface area contributed by atoms with Gasteiger partial charge in [-0.3, -0.25) is 4.79 Å². The number of ether oxygens (including phenoxy) is 5. The van der Waals surface area contributed by atoms with E-state index in [4.69, 9.17) is 23.7 Å². The number of carbonyl (C=O) groups excluding carboxylic acids is 1. The molecule has 11 nitrogen and oxygen atoms in total. The molecule has 2 aromatic rings. The molecule has 12 heteroatoms. The lowest BCUT2D eigenvalue weighted by Gasteiger charge is -2.35. The lowest BCUT2D eigenvalue weighted by atomic mass is 9.91. The molecule has 1 amide bonds. The Bertz CT molecular complexity index is 1390. The van der Waals surface area contributed by atoms with Crippen molar-refractivity contribution in [2.24, 2.45) is 0 Å². The number of amides is 1. The van der Waals surface area contributed by atoms with E-state index >= 15 is 0 Å². The fourth-order valence-electron chi connectivity index (χ4n) is 5.74. The highest BCUT2D eigenvalue weighted by atomic mass is 32.2. The van der Waals surface area contributed by atoms with Crippen LogP contribution in [0.1, 0.15) is 50.0 Å². The van der Waals surface area contributed by atoms with Crippen molar-refractivity contribution in [2.75, 3.05) is 47.3 Å². The molecule has 1 saturated carbocycles. The minimum absolute atomic E-state index is 0.00611. The van der Waals surface area contributed by atoms with Gasteiger partial charge in [0, 0.05) is 38.5 Å². The van der Waals surface area contributed by atoms with Crippen molar-refractivity contribution in [2.45, 2.75) is 61.7 Å². The second kappa shape index (κ2) is 14.0. The van der Waals surface area contributed by atoms with Crippen LogP contribution in [-0.4, -0.2) is 88.2 Å². The third kappa shape index (κ3) is 7.26. The number of hydrogen-bond acceptors (Lipinski definition) is 9. The number of aliphatic hydroxyl groups excluding tert-OH is 1. The van der Waals surface area contributed by atoms with Crippen LogP contribution in [0.25, 0.3) is 0 Å². The van der Waals surface area contributed by atoms with Crippen LogP contribution < -0.4 is 14.2 Å². The van der Waals surface area contributed by atoms with Gasteiger partial charge in [-0.05, 0) is 60.9 Å². The van der Waals surface area contributed by atoms with Gasteiger partial charge in [-0.2, -0.15) is 4.31 Å². The maximum atomic E-state index is 13.6. The molecule has 0 spiro atoms. The molecular formula is C31H40N2O9S. The lowest BCUT2D eigenvalue weighted by Crippen LogP contribution is -2.41. The largest absolute Gasteiger partial charge is 0.497 e. The number of rotatable bonds is 12. The summed E-state index contributed by atoms with van der Waals surface area (Å²) >= 11 is 0. The zero-order chi connectivity index (χ0) is 30.4. The molecule has 5 rings (SSSR count). The van der Waals surface area contributed by atoms with Gasteiger partial charge in [0.05, 0.1) is 25.2 Å². The van der Waals surface area contributed by atoms with Gasteiger partial charge in [-0.25, -0.2) is 8.42 Å². The van der Waals surface area contributed by atoms with Crippen LogP contribution in [0, 0.1) is 0 Å². The van der Waals surface area contributed by atoms with E-state index in [1.807, 2.05) is 31.3 Å². The van der Waals surface area contributed by atoms with Crippen molar-refractivity contribution in [1.29, 1.82) is 0 Å². The first kappa shape index (κ1) is 31.1. The molecule has 43 heavy (non-hydrogen) atoms. The SMILES string of the molecule is COc1ccc(S(=O)(=O)N(CCO)CCO[C@@H]2C[C@H](c3ccc4c(c3)OCO4)C=C(C(=O)N(C)C3CCCCC3)O2)cc1. The van der Waals surface area contributed by atoms with E-state index in [9.17, 15) is 18.3 Å². The van der Waals surface area contributed by atoms with Crippen molar-refractivity contribution in [3.8, 4) is 17.2 Å². The van der Waals surface area contributed by atoms with E-state index in [-0.39, 0.29) is 61.6 Å². The second-order valence-corrected chi connectivity index (χ2v) is 12.9. The van der Waals surface area contributed by atoms with E-state index < -0.39 is 16.3 Å². The average Bonchev–Trinajstić information content (AvgIpc) is 3.52. The molecule has 0 saturated heterocycles. The zero-order valence-electron chi connectivity index (χ0n) is 24.6. The number of methoxy groups -OCH3 is 1. The molecule has 2 atom stereocenters. The van der Waals surface area contributed by atoms with Crippen LogP contribution in [0.5, 0.6) is 17.2 Å². The van der Waals surface area contributed by atoms with E-state index in [1.165, 1.54) is 30.0 Å².